The second-order valence-corrected chi connectivity index (χ2v) is 8.35. The number of hydrogen-bond acceptors (Lipinski definition) is 6. The van der Waals surface area contributed by atoms with E-state index in [1.54, 1.807) is 46.8 Å². The summed E-state index contributed by atoms with van der Waals surface area (Å²) in [6, 6.07) is 6.18. The summed E-state index contributed by atoms with van der Waals surface area (Å²) < 4.78 is 38.4. The molecule has 1 fully saturated rings. The summed E-state index contributed by atoms with van der Waals surface area (Å²) in [4.78, 5) is 18.3. The molecule has 0 saturated carbocycles. The maximum Gasteiger partial charge on any atom is 0.413 e. The largest absolute Gasteiger partial charge is 0.444 e. The number of benzene rings is 1. The maximum atomic E-state index is 13.3. The van der Waals surface area contributed by atoms with Crippen LogP contribution >= 0.6 is 0 Å². The van der Waals surface area contributed by atoms with Crippen molar-refractivity contribution in [2.24, 2.45) is 0 Å². The van der Waals surface area contributed by atoms with Crippen molar-refractivity contribution in [3.05, 3.63) is 35.7 Å². The van der Waals surface area contributed by atoms with Gasteiger partial charge in [0.15, 0.2) is 5.82 Å². The van der Waals surface area contributed by atoms with E-state index in [0.29, 0.717) is 10.2 Å². The lowest BCUT2D eigenvalue weighted by atomic mass is 9.99. The van der Waals surface area contributed by atoms with E-state index < -0.39 is 30.0 Å². The van der Waals surface area contributed by atoms with Gasteiger partial charge in [-0.15, -0.1) is 0 Å². The molecule has 1 aliphatic rings. The molecule has 1 saturated heterocycles. The normalized spacial score (nSPS) is 18.5. The van der Waals surface area contributed by atoms with E-state index in [2.05, 4.69) is 10.1 Å². The van der Waals surface area contributed by atoms with E-state index in [4.69, 9.17) is 9.47 Å². The monoisotopic (exact) mass is 419 g/mol. The van der Waals surface area contributed by atoms with E-state index in [1.165, 1.54) is 11.0 Å². The standard InChI is InChI=1S/C20H23F2N5O3/c1-19(2,3)30-18(28)26-15(10-29-20(26,4)5)12-6-7-13(9-23)14(8-12)16-24-11-25-27(16)17(21)22/h6-8,11,15,17H,10H2,1-5H3/t15-/m1/s1. The summed E-state index contributed by atoms with van der Waals surface area (Å²) >= 11 is 0. The Bertz CT molecular complexity index is 991. The number of nitrogens with zero attached hydrogens (tertiary/aromatic N) is 5. The van der Waals surface area contributed by atoms with Crippen LogP contribution in [0.15, 0.2) is 24.5 Å². The summed E-state index contributed by atoms with van der Waals surface area (Å²) in [6.07, 6.45) is 0.445. The van der Waals surface area contributed by atoms with Gasteiger partial charge in [-0.05, 0) is 52.3 Å². The zero-order chi connectivity index (χ0) is 22.3. The van der Waals surface area contributed by atoms with E-state index in [0.717, 1.165) is 6.33 Å². The first kappa shape index (κ1) is 21.6. The molecule has 0 spiro atoms. The molecule has 0 N–H and O–H groups in total. The molecule has 8 nitrogen and oxygen atoms in total. The van der Waals surface area contributed by atoms with Gasteiger partial charge in [-0.25, -0.2) is 9.78 Å². The predicted octanol–water partition coefficient (Wildman–Crippen LogP) is 4.26. The smallest absolute Gasteiger partial charge is 0.413 e. The third-order valence-electron chi connectivity index (χ3n) is 4.62. The summed E-state index contributed by atoms with van der Waals surface area (Å²) in [5.41, 5.74) is -0.685. The van der Waals surface area contributed by atoms with E-state index in [1.807, 2.05) is 6.07 Å². The van der Waals surface area contributed by atoms with Crippen LogP contribution in [0.4, 0.5) is 13.6 Å². The van der Waals surface area contributed by atoms with Crippen molar-refractivity contribution in [3.63, 3.8) is 0 Å². The number of alkyl halides is 2. The first-order chi connectivity index (χ1) is 13.9. The van der Waals surface area contributed by atoms with Crippen molar-refractivity contribution >= 4 is 6.09 Å². The van der Waals surface area contributed by atoms with E-state index in [-0.39, 0.29) is 23.6 Å². The quantitative estimate of drug-likeness (QED) is 0.738. The number of carbonyl (C=O) groups excluding carboxylic acids is 1. The van der Waals surface area contributed by atoms with Crippen LogP contribution in [0.25, 0.3) is 11.4 Å². The van der Waals surface area contributed by atoms with Gasteiger partial charge in [0, 0.05) is 5.56 Å². The molecule has 1 aromatic heterocycles. The number of nitriles is 1. The maximum absolute atomic E-state index is 13.3. The molecule has 0 unspecified atom stereocenters. The lowest BCUT2D eigenvalue weighted by Crippen LogP contribution is -2.47. The lowest BCUT2D eigenvalue weighted by molar-refractivity contribution is -0.0626. The third kappa shape index (κ3) is 4.11. The Kier molecular flexibility index (Phi) is 5.52. The minimum atomic E-state index is -2.91. The zero-order valence-corrected chi connectivity index (χ0v) is 17.4. The van der Waals surface area contributed by atoms with Gasteiger partial charge in [-0.1, -0.05) is 6.07 Å². The third-order valence-corrected chi connectivity index (χ3v) is 4.62. The molecule has 1 amide bonds. The molecule has 30 heavy (non-hydrogen) atoms. The number of amides is 1. The van der Waals surface area contributed by atoms with Crippen LogP contribution in [-0.4, -0.2) is 43.7 Å². The Labute approximate surface area is 173 Å². The molecule has 2 aromatic rings. The first-order valence-electron chi connectivity index (χ1n) is 9.33. The van der Waals surface area contributed by atoms with Crippen molar-refractivity contribution in [1.29, 1.82) is 5.26 Å². The zero-order valence-electron chi connectivity index (χ0n) is 17.4. The first-order valence-corrected chi connectivity index (χ1v) is 9.33. The van der Waals surface area contributed by atoms with Gasteiger partial charge in [0.1, 0.15) is 17.7 Å². The summed E-state index contributed by atoms with van der Waals surface area (Å²) in [7, 11) is 0. The molecule has 1 atom stereocenters. The molecular weight excluding hydrogens is 396 g/mol. The van der Waals surface area contributed by atoms with Crippen LogP contribution in [0.3, 0.4) is 0 Å². The summed E-state index contributed by atoms with van der Waals surface area (Å²) in [6.45, 7) is 6.05. The second-order valence-electron chi connectivity index (χ2n) is 8.35. The summed E-state index contributed by atoms with van der Waals surface area (Å²) in [5, 5.41) is 13.0. The van der Waals surface area contributed by atoms with E-state index >= 15 is 0 Å². The molecule has 1 aromatic carbocycles. The Morgan fingerprint density at radius 2 is 2.10 bits per heavy atom. The highest BCUT2D eigenvalue weighted by Crippen LogP contribution is 2.39. The van der Waals surface area contributed by atoms with Gasteiger partial charge < -0.3 is 9.47 Å². The van der Waals surface area contributed by atoms with Gasteiger partial charge in [0.25, 0.3) is 0 Å². The van der Waals surface area contributed by atoms with Crippen LogP contribution in [0.2, 0.25) is 0 Å². The molecule has 10 heteroatoms. The van der Waals surface area contributed by atoms with Gasteiger partial charge in [-0.3, -0.25) is 4.90 Å². The van der Waals surface area contributed by atoms with Crippen molar-refractivity contribution in [3.8, 4) is 17.5 Å². The van der Waals surface area contributed by atoms with Gasteiger partial charge in [0.05, 0.1) is 24.3 Å². The highest BCUT2D eigenvalue weighted by molar-refractivity contribution is 5.71. The van der Waals surface area contributed by atoms with Gasteiger partial charge in [-0.2, -0.15) is 23.8 Å². The fraction of sp³-hybridized carbons (Fsp3) is 0.500. The Morgan fingerprint density at radius 3 is 2.70 bits per heavy atom. The highest BCUT2D eigenvalue weighted by Gasteiger charge is 2.46. The minimum absolute atomic E-state index is 0.134. The molecule has 3 rings (SSSR count). The molecule has 0 radical (unpaired) electrons. The van der Waals surface area contributed by atoms with Gasteiger partial charge >= 0.3 is 12.6 Å². The average molecular weight is 419 g/mol. The van der Waals surface area contributed by atoms with Crippen molar-refractivity contribution in [2.75, 3.05) is 6.61 Å². The van der Waals surface area contributed by atoms with Gasteiger partial charge in [0.2, 0.25) is 0 Å². The number of aromatic nitrogens is 3. The molecule has 2 heterocycles. The number of halogens is 2. The number of carbonyl (C=O) groups is 1. The van der Waals surface area contributed by atoms with Crippen LogP contribution in [-0.2, 0) is 9.47 Å². The van der Waals surface area contributed by atoms with Crippen molar-refractivity contribution < 1.29 is 23.0 Å². The number of ether oxygens (including phenoxy) is 2. The average Bonchev–Trinajstić information content (AvgIpc) is 3.23. The molecule has 160 valence electrons. The minimum Gasteiger partial charge on any atom is -0.444 e. The highest BCUT2D eigenvalue weighted by atomic mass is 19.3. The number of rotatable bonds is 3. The molecule has 0 bridgehead atoms. The van der Waals surface area contributed by atoms with Crippen LogP contribution in [0, 0.1) is 11.3 Å². The Hall–Kier alpha value is -3.06. The van der Waals surface area contributed by atoms with E-state index in [9.17, 15) is 18.8 Å². The van der Waals surface area contributed by atoms with Crippen LogP contribution in [0.5, 0.6) is 0 Å². The van der Waals surface area contributed by atoms with Crippen molar-refractivity contribution in [2.45, 2.75) is 58.5 Å². The molecule has 1 aliphatic heterocycles. The topological polar surface area (TPSA) is 93.3 Å². The lowest BCUT2D eigenvalue weighted by Gasteiger charge is -2.35. The number of hydrogen-bond donors (Lipinski definition) is 0. The molecular formula is C20H23F2N5O3. The second kappa shape index (κ2) is 7.65. The Balaban J connectivity index is 2.06. The fourth-order valence-corrected chi connectivity index (χ4v) is 3.34. The SMILES string of the molecule is CC(C)(C)OC(=O)N1[C@@H](c2ccc(C#N)c(-c3ncnn3C(F)F)c2)COC1(C)C. The predicted molar refractivity (Wildman–Crippen MR) is 102 cm³/mol. The summed E-state index contributed by atoms with van der Waals surface area (Å²) in [5.74, 6) is -0.134. The van der Waals surface area contributed by atoms with Crippen LogP contribution in [0.1, 0.15) is 58.3 Å². The van der Waals surface area contributed by atoms with Crippen molar-refractivity contribution in [1.82, 2.24) is 19.7 Å². The molecule has 0 aliphatic carbocycles. The fourth-order valence-electron chi connectivity index (χ4n) is 3.34. The Morgan fingerprint density at radius 1 is 1.40 bits per heavy atom. The van der Waals surface area contributed by atoms with Crippen LogP contribution < -0.4 is 0 Å².